The van der Waals surface area contributed by atoms with Crippen LogP contribution in [0.3, 0.4) is 0 Å². The molecule has 1 aliphatic rings. The van der Waals surface area contributed by atoms with Crippen LogP contribution in [0.25, 0.3) is 0 Å². The Morgan fingerprint density at radius 2 is 1.81 bits per heavy atom. The molecule has 1 aromatic heterocycles. The molecule has 3 rings (SSSR count). The normalized spacial score (nSPS) is 16.8. The lowest BCUT2D eigenvalue weighted by molar-refractivity contribution is 0.578. The van der Waals surface area contributed by atoms with E-state index in [1.54, 1.807) is 0 Å². The molecule has 21 heavy (non-hydrogen) atoms. The fraction of sp³-hybridized carbons (Fsp3) is 0.444. The Kier molecular flexibility index (Phi) is 4.49. The van der Waals surface area contributed by atoms with E-state index in [4.69, 9.17) is 0 Å². The lowest BCUT2D eigenvalue weighted by atomic mass is 10.1. The molecule has 1 unspecified atom stereocenters. The Hall–Kier alpha value is -1.48. The van der Waals surface area contributed by atoms with Crippen LogP contribution in [0.2, 0.25) is 0 Å². The Morgan fingerprint density at radius 1 is 1.05 bits per heavy atom. The first-order valence-electron chi connectivity index (χ1n) is 7.91. The standard InChI is InChI=1S/C18H24N2S/c1-14-10-11-18(21-14)15(2)19-16-8-4-5-9-17(16)20-12-6-3-7-13-20/h4-5,8-11,15,19H,3,6-7,12-13H2,1-2H3. The van der Waals surface area contributed by atoms with Gasteiger partial charge in [-0.15, -0.1) is 11.3 Å². The first kappa shape index (κ1) is 14.5. The van der Waals surface area contributed by atoms with Crippen molar-refractivity contribution in [2.75, 3.05) is 23.3 Å². The number of thiophene rings is 1. The lowest BCUT2D eigenvalue weighted by Gasteiger charge is -2.31. The predicted molar refractivity (Wildman–Crippen MR) is 93.6 cm³/mol. The van der Waals surface area contributed by atoms with Crippen molar-refractivity contribution in [2.45, 2.75) is 39.2 Å². The van der Waals surface area contributed by atoms with Crippen molar-refractivity contribution in [2.24, 2.45) is 0 Å². The second-order valence-electron chi connectivity index (χ2n) is 5.88. The molecular weight excluding hydrogens is 276 g/mol. The van der Waals surface area contributed by atoms with E-state index in [1.807, 2.05) is 11.3 Å². The summed E-state index contributed by atoms with van der Waals surface area (Å²) in [6, 6.07) is 13.5. The summed E-state index contributed by atoms with van der Waals surface area (Å²) in [6.45, 7) is 6.79. The van der Waals surface area contributed by atoms with Crippen molar-refractivity contribution < 1.29 is 0 Å². The third kappa shape index (κ3) is 3.41. The van der Waals surface area contributed by atoms with Gasteiger partial charge in [0.1, 0.15) is 0 Å². The zero-order valence-corrected chi connectivity index (χ0v) is 13.7. The van der Waals surface area contributed by atoms with Crippen LogP contribution in [0.4, 0.5) is 11.4 Å². The van der Waals surface area contributed by atoms with Gasteiger partial charge < -0.3 is 10.2 Å². The number of benzene rings is 1. The molecule has 2 nitrogen and oxygen atoms in total. The van der Waals surface area contributed by atoms with Crippen LogP contribution in [0, 0.1) is 6.92 Å². The first-order chi connectivity index (χ1) is 10.2. The minimum absolute atomic E-state index is 0.356. The largest absolute Gasteiger partial charge is 0.376 e. The van der Waals surface area contributed by atoms with Crippen molar-refractivity contribution in [3.05, 3.63) is 46.2 Å². The molecule has 0 bridgehead atoms. The van der Waals surface area contributed by atoms with Gasteiger partial charge in [-0.2, -0.15) is 0 Å². The molecule has 1 aliphatic heterocycles. The van der Waals surface area contributed by atoms with Gasteiger partial charge in [0, 0.05) is 22.8 Å². The molecule has 1 N–H and O–H groups in total. The number of piperidine rings is 1. The maximum absolute atomic E-state index is 3.71. The summed E-state index contributed by atoms with van der Waals surface area (Å²) in [4.78, 5) is 5.31. The highest BCUT2D eigenvalue weighted by Gasteiger charge is 2.16. The molecule has 0 saturated carbocycles. The van der Waals surface area contributed by atoms with E-state index in [9.17, 15) is 0 Å². The van der Waals surface area contributed by atoms with E-state index >= 15 is 0 Å². The molecule has 1 atom stereocenters. The summed E-state index contributed by atoms with van der Waals surface area (Å²) in [5, 5.41) is 3.71. The molecular formula is C18H24N2S. The van der Waals surface area contributed by atoms with Gasteiger partial charge in [0.15, 0.2) is 0 Å². The van der Waals surface area contributed by atoms with Crippen LogP contribution in [-0.4, -0.2) is 13.1 Å². The second kappa shape index (κ2) is 6.52. The van der Waals surface area contributed by atoms with Crippen molar-refractivity contribution in [3.63, 3.8) is 0 Å². The minimum Gasteiger partial charge on any atom is -0.376 e. The van der Waals surface area contributed by atoms with Crippen LogP contribution in [-0.2, 0) is 0 Å². The van der Waals surface area contributed by atoms with Crippen LogP contribution in [0.1, 0.15) is 42.0 Å². The van der Waals surface area contributed by atoms with Gasteiger partial charge in [0.05, 0.1) is 17.4 Å². The average Bonchev–Trinajstić information content (AvgIpc) is 2.95. The van der Waals surface area contributed by atoms with Crippen molar-refractivity contribution in [1.82, 2.24) is 0 Å². The molecule has 1 saturated heterocycles. The quantitative estimate of drug-likeness (QED) is 0.832. The third-order valence-corrected chi connectivity index (χ3v) is 5.34. The topological polar surface area (TPSA) is 15.3 Å². The molecule has 0 radical (unpaired) electrons. The van der Waals surface area contributed by atoms with E-state index in [0.29, 0.717) is 6.04 Å². The van der Waals surface area contributed by atoms with Gasteiger partial charge >= 0.3 is 0 Å². The highest BCUT2D eigenvalue weighted by Crippen LogP contribution is 2.32. The maximum atomic E-state index is 3.71. The summed E-state index contributed by atoms with van der Waals surface area (Å²) in [5.41, 5.74) is 2.62. The van der Waals surface area contributed by atoms with E-state index in [-0.39, 0.29) is 0 Å². The molecule has 3 heteroatoms. The highest BCUT2D eigenvalue weighted by molar-refractivity contribution is 7.12. The Bertz CT molecular complexity index is 584. The van der Waals surface area contributed by atoms with Gasteiger partial charge in [-0.3, -0.25) is 0 Å². The zero-order chi connectivity index (χ0) is 14.7. The van der Waals surface area contributed by atoms with Crippen molar-refractivity contribution in [3.8, 4) is 0 Å². The fourth-order valence-corrected chi connectivity index (χ4v) is 3.88. The number of nitrogens with zero attached hydrogens (tertiary/aromatic N) is 1. The monoisotopic (exact) mass is 300 g/mol. The highest BCUT2D eigenvalue weighted by atomic mass is 32.1. The van der Waals surface area contributed by atoms with Gasteiger partial charge in [0.25, 0.3) is 0 Å². The average molecular weight is 300 g/mol. The number of aryl methyl sites for hydroxylation is 1. The summed E-state index contributed by atoms with van der Waals surface area (Å²) >= 11 is 1.88. The van der Waals surface area contributed by atoms with Gasteiger partial charge in [0.2, 0.25) is 0 Å². The van der Waals surface area contributed by atoms with Gasteiger partial charge in [-0.25, -0.2) is 0 Å². The smallest absolute Gasteiger partial charge is 0.0602 e. The van der Waals surface area contributed by atoms with Crippen molar-refractivity contribution >= 4 is 22.7 Å². The third-order valence-electron chi connectivity index (χ3n) is 4.16. The maximum Gasteiger partial charge on any atom is 0.0602 e. The number of para-hydroxylation sites is 2. The number of anilines is 2. The van der Waals surface area contributed by atoms with Gasteiger partial charge in [-0.05, 0) is 57.4 Å². The Labute approximate surface area is 131 Å². The summed E-state index contributed by atoms with van der Waals surface area (Å²) in [6.07, 6.45) is 4.00. The molecule has 0 spiro atoms. The molecule has 2 aromatic rings. The van der Waals surface area contributed by atoms with E-state index < -0.39 is 0 Å². The predicted octanol–water partition coefficient (Wildman–Crippen LogP) is 5.22. The zero-order valence-electron chi connectivity index (χ0n) is 12.9. The molecule has 1 aromatic carbocycles. The second-order valence-corrected chi connectivity index (χ2v) is 7.20. The van der Waals surface area contributed by atoms with Gasteiger partial charge in [-0.1, -0.05) is 12.1 Å². The molecule has 1 fully saturated rings. The first-order valence-corrected chi connectivity index (χ1v) is 8.72. The summed E-state index contributed by atoms with van der Waals surface area (Å²) in [7, 11) is 0. The molecule has 0 aliphatic carbocycles. The van der Waals surface area contributed by atoms with E-state index in [2.05, 4.69) is 60.5 Å². The van der Waals surface area contributed by atoms with Crippen LogP contribution < -0.4 is 10.2 Å². The van der Waals surface area contributed by atoms with Crippen molar-refractivity contribution in [1.29, 1.82) is 0 Å². The minimum atomic E-state index is 0.356. The number of nitrogens with one attached hydrogen (secondary N) is 1. The SMILES string of the molecule is Cc1ccc(C(C)Nc2ccccc2N2CCCCC2)s1. The number of rotatable bonds is 4. The molecule has 2 heterocycles. The summed E-state index contributed by atoms with van der Waals surface area (Å²) in [5.74, 6) is 0. The number of hydrogen-bond donors (Lipinski definition) is 1. The molecule has 112 valence electrons. The van der Waals surface area contributed by atoms with Crippen LogP contribution in [0.15, 0.2) is 36.4 Å². The Morgan fingerprint density at radius 3 is 2.52 bits per heavy atom. The molecule has 0 amide bonds. The van der Waals surface area contributed by atoms with E-state index in [0.717, 1.165) is 0 Å². The summed E-state index contributed by atoms with van der Waals surface area (Å²) < 4.78 is 0. The number of hydrogen-bond acceptors (Lipinski definition) is 3. The lowest BCUT2D eigenvalue weighted by Crippen LogP contribution is -2.30. The van der Waals surface area contributed by atoms with Crippen LogP contribution in [0.5, 0.6) is 0 Å². The van der Waals surface area contributed by atoms with E-state index in [1.165, 1.54) is 53.5 Å². The van der Waals surface area contributed by atoms with Crippen LogP contribution >= 0.6 is 11.3 Å². The Balaban J connectivity index is 1.78. The fourth-order valence-electron chi connectivity index (χ4n) is 3.00.